The number of hydrogen-bond donors (Lipinski definition) is 1. The van der Waals surface area contributed by atoms with Gasteiger partial charge in [-0.1, -0.05) is 55.5 Å². The van der Waals surface area contributed by atoms with E-state index in [1.165, 1.54) is 0 Å². The molecule has 1 unspecified atom stereocenters. The Morgan fingerprint density at radius 2 is 1.89 bits per heavy atom. The van der Waals surface area contributed by atoms with E-state index >= 15 is 0 Å². The van der Waals surface area contributed by atoms with E-state index in [-0.39, 0.29) is 0 Å². The molecule has 0 spiro atoms. The maximum absolute atomic E-state index is 11.4. The molecular weight excluding hydrogens is 236 g/mol. The van der Waals surface area contributed by atoms with Crippen molar-refractivity contribution in [2.45, 2.75) is 26.2 Å². The first-order valence-corrected chi connectivity index (χ1v) is 6.46. The molecule has 2 aromatic rings. The number of allylic oxidation sites excluding steroid dienone is 1. The Bertz CT molecular complexity index is 636. The zero-order valence-electron chi connectivity index (χ0n) is 11.3. The van der Waals surface area contributed by atoms with Crippen LogP contribution in [0.1, 0.15) is 37.3 Å². The molecule has 0 aliphatic carbocycles. The lowest BCUT2D eigenvalue weighted by Crippen LogP contribution is -2.11. The number of fused-ring (bicyclic) bond motifs is 1. The molecule has 0 aliphatic heterocycles. The summed E-state index contributed by atoms with van der Waals surface area (Å²) in [5.74, 6) is -1.24. The van der Waals surface area contributed by atoms with E-state index in [4.69, 9.17) is 0 Å². The van der Waals surface area contributed by atoms with E-state index in [1.54, 1.807) is 0 Å². The molecule has 2 heteroatoms. The van der Waals surface area contributed by atoms with Crippen LogP contribution in [0.5, 0.6) is 0 Å². The SMILES string of the molecule is C=C(C)c1cccc2cccc(C(CC)C(=O)O)c12. The van der Waals surface area contributed by atoms with Crippen molar-refractivity contribution < 1.29 is 9.90 Å². The number of benzene rings is 2. The first-order valence-electron chi connectivity index (χ1n) is 6.46. The van der Waals surface area contributed by atoms with Gasteiger partial charge in [0.2, 0.25) is 0 Å². The minimum Gasteiger partial charge on any atom is -0.481 e. The lowest BCUT2D eigenvalue weighted by Gasteiger charge is -2.16. The summed E-state index contributed by atoms with van der Waals surface area (Å²) in [4.78, 5) is 11.4. The molecule has 0 heterocycles. The lowest BCUT2D eigenvalue weighted by atomic mass is 9.88. The highest BCUT2D eigenvalue weighted by molar-refractivity contribution is 5.98. The molecule has 1 atom stereocenters. The summed E-state index contributed by atoms with van der Waals surface area (Å²) in [5, 5.41) is 11.5. The summed E-state index contributed by atoms with van der Waals surface area (Å²) in [5.41, 5.74) is 2.87. The predicted octanol–water partition coefficient (Wildman–Crippen LogP) is 4.45. The van der Waals surface area contributed by atoms with Crippen LogP contribution in [0, 0.1) is 0 Å². The minimum absolute atomic E-state index is 0.468. The zero-order chi connectivity index (χ0) is 14.0. The van der Waals surface area contributed by atoms with Gasteiger partial charge < -0.3 is 5.11 Å². The summed E-state index contributed by atoms with van der Waals surface area (Å²) in [6, 6.07) is 11.8. The maximum Gasteiger partial charge on any atom is 0.310 e. The van der Waals surface area contributed by atoms with Gasteiger partial charge in [0.15, 0.2) is 0 Å². The van der Waals surface area contributed by atoms with Crippen molar-refractivity contribution in [3.05, 3.63) is 54.1 Å². The van der Waals surface area contributed by atoms with Gasteiger partial charge in [0, 0.05) is 0 Å². The largest absolute Gasteiger partial charge is 0.481 e. The standard InChI is InChI=1S/C17H18O2/c1-4-13(17(18)19)15-10-6-8-12-7-5-9-14(11(2)3)16(12)15/h5-10,13H,2,4H2,1,3H3,(H,18,19). The molecule has 98 valence electrons. The van der Waals surface area contributed by atoms with E-state index in [0.29, 0.717) is 6.42 Å². The molecule has 2 rings (SSSR count). The quantitative estimate of drug-likeness (QED) is 0.875. The van der Waals surface area contributed by atoms with Gasteiger partial charge in [-0.25, -0.2) is 0 Å². The van der Waals surface area contributed by atoms with Crippen molar-refractivity contribution in [1.29, 1.82) is 0 Å². The van der Waals surface area contributed by atoms with Gasteiger partial charge in [0.05, 0.1) is 5.92 Å². The van der Waals surface area contributed by atoms with Gasteiger partial charge in [-0.05, 0) is 35.2 Å². The summed E-state index contributed by atoms with van der Waals surface area (Å²) in [6.07, 6.45) is 0.582. The molecule has 1 N–H and O–H groups in total. The molecule has 0 saturated heterocycles. The van der Waals surface area contributed by atoms with Crippen LogP contribution in [-0.4, -0.2) is 11.1 Å². The highest BCUT2D eigenvalue weighted by Crippen LogP contribution is 2.33. The van der Waals surface area contributed by atoms with Gasteiger partial charge in [0.1, 0.15) is 0 Å². The molecule has 2 nitrogen and oxygen atoms in total. The van der Waals surface area contributed by atoms with Crippen molar-refractivity contribution >= 4 is 22.3 Å². The van der Waals surface area contributed by atoms with E-state index in [0.717, 1.165) is 27.5 Å². The summed E-state index contributed by atoms with van der Waals surface area (Å²) in [7, 11) is 0. The van der Waals surface area contributed by atoms with Gasteiger partial charge in [-0.2, -0.15) is 0 Å². The molecule has 0 amide bonds. The number of carboxylic acid groups (broad SMARTS) is 1. The lowest BCUT2D eigenvalue weighted by molar-refractivity contribution is -0.138. The Labute approximate surface area is 113 Å². The number of carboxylic acids is 1. The Hall–Kier alpha value is -2.09. The van der Waals surface area contributed by atoms with Crippen LogP contribution in [0.15, 0.2) is 43.0 Å². The van der Waals surface area contributed by atoms with Crippen molar-refractivity contribution in [3.63, 3.8) is 0 Å². The van der Waals surface area contributed by atoms with Gasteiger partial charge in [0.25, 0.3) is 0 Å². The fraction of sp³-hybridized carbons (Fsp3) is 0.235. The molecule has 19 heavy (non-hydrogen) atoms. The molecule has 2 aromatic carbocycles. The fourth-order valence-corrected chi connectivity index (χ4v) is 2.54. The molecule has 0 aliphatic rings. The highest BCUT2D eigenvalue weighted by Gasteiger charge is 2.21. The van der Waals surface area contributed by atoms with Crippen LogP contribution >= 0.6 is 0 Å². The number of carbonyl (C=O) groups is 1. The molecule has 0 radical (unpaired) electrons. The monoisotopic (exact) mass is 254 g/mol. The smallest absolute Gasteiger partial charge is 0.310 e. The zero-order valence-corrected chi connectivity index (χ0v) is 11.3. The molecule has 0 saturated carbocycles. The summed E-state index contributed by atoms with van der Waals surface area (Å²) in [6.45, 7) is 7.85. The van der Waals surface area contributed by atoms with Crippen molar-refractivity contribution in [2.24, 2.45) is 0 Å². The molecular formula is C17H18O2. The molecule has 0 aromatic heterocycles. The Morgan fingerprint density at radius 1 is 1.26 bits per heavy atom. The predicted molar refractivity (Wildman–Crippen MR) is 79.3 cm³/mol. The van der Waals surface area contributed by atoms with E-state index in [1.807, 2.05) is 50.2 Å². The van der Waals surface area contributed by atoms with E-state index in [9.17, 15) is 9.90 Å². The van der Waals surface area contributed by atoms with E-state index < -0.39 is 11.9 Å². The van der Waals surface area contributed by atoms with Crippen LogP contribution in [0.25, 0.3) is 16.3 Å². The molecule has 0 bridgehead atoms. The van der Waals surface area contributed by atoms with E-state index in [2.05, 4.69) is 6.58 Å². The normalized spacial score (nSPS) is 12.3. The van der Waals surface area contributed by atoms with Crippen molar-refractivity contribution in [2.75, 3.05) is 0 Å². The first-order chi connectivity index (χ1) is 9.06. The third-order valence-electron chi connectivity index (χ3n) is 3.48. The van der Waals surface area contributed by atoms with Crippen molar-refractivity contribution in [3.8, 4) is 0 Å². The van der Waals surface area contributed by atoms with Gasteiger partial charge >= 0.3 is 5.97 Å². The summed E-state index contributed by atoms with van der Waals surface area (Å²) < 4.78 is 0. The maximum atomic E-state index is 11.4. The van der Waals surface area contributed by atoms with Crippen molar-refractivity contribution in [1.82, 2.24) is 0 Å². The minimum atomic E-state index is -0.772. The Kier molecular flexibility index (Phi) is 3.70. The van der Waals surface area contributed by atoms with Crippen LogP contribution in [0.4, 0.5) is 0 Å². The third-order valence-corrected chi connectivity index (χ3v) is 3.48. The Morgan fingerprint density at radius 3 is 2.42 bits per heavy atom. The second-order valence-electron chi connectivity index (χ2n) is 4.83. The average Bonchev–Trinajstić information content (AvgIpc) is 2.38. The summed E-state index contributed by atoms with van der Waals surface area (Å²) >= 11 is 0. The van der Waals surface area contributed by atoms with Crippen LogP contribution in [0.2, 0.25) is 0 Å². The topological polar surface area (TPSA) is 37.3 Å². The second-order valence-corrected chi connectivity index (χ2v) is 4.83. The van der Waals surface area contributed by atoms with Crippen LogP contribution in [-0.2, 0) is 4.79 Å². The first kappa shape index (κ1) is 13.3. The van der Waals surface area contributed by atoms with Gasteiger partial charge in [-0.15, -0.1) is 0 Å². The van der Waals surface area contributed by atoms with Crippen LogP contribution in [0.3, 0.4) is 0 Å². The number of aliphatic carboxylic acids is 1. The fourth-order valence-electron chi connectivity index (χ4n) is 2.54. The van der Waals surface area contributed by atoms with Crippen LogP contribution < -0.4 is 0 Å². The molecule has 0 fully saturated rings. The third kappa shape index (κ3) is 2.39. The average molecular weight is 254 g/mol. The Balaban J connectivity index is 2.80. The second kappa shape index (κ2) is 5.27. The van der Waals surface area contributed by atoms with Gasteiger partial charge in [-0.3, -0.25) is 4.79 Å². The highest BCUT2D eigenvalue weighted by atomic mass is 16.4. The number of rotatable bonds is 4. The number of hydrogen-bond acceptors (Lipinski definition) is 1.